The molecule has 5 nitrogen and oxygen atoms in total. The average Bonchev–Trinajstić information content (AvgIpc) is 2.82. The number of amides is 1. The summed E-state index contributed by atoms with van der Waals surface area (Å²) >= 11 is 4.92. The van der Waals surface area contributed by atoms with Crippen LogP contribution >= 0.6 is 27.3 Å². The first-order valence-electron chi connectivity index (χ1n) is 5.79. The minimum atomic E-state index is -0.474. The van der Waals surface area contributed by atoms with Gasteiger partial charge in [0.05, 0.1) is 17.9 Å². The van der Waals surface area contributed by atoms with Gasteiger partial charge in [-0.2, -0.15) is 0 Å². The van der Waals surface area contributed by atoms with E-state index in [-0.39, 0.29) is 18.0 Å². The average molecular weight is 355 g/mol. The van der Waals surface area contributed by atoms with Crippen molar-refractivity contribution < 1.29 is 9.72 Å². The first-order chi connectivity index (χ1) is 9.58. The number of halogens is 1. The molecule has 0 fully saturated rings. The van der Waals surface area contributed by atoms with Crippen molar-refractivity contribution in [3.63, 3.8) is 0 Å². The summed E-state index contributed by atoms with van der Waals surface area (Å²) in [5.41, 5.74) is 0.389. The predicted octanol–water partition coefficient (Wildman–Crippen LogP) is 3.28. The maximum Gasteiger partial charge on any atom is 0.273 e. The topological polar surface area (TPSA) is 72.2 Å². The Hall–Kier alpha value is -1.73. The standard InChI is InChI=1S/C13H11BrN2O3S/c14-10-5-6-20-12(10)8-15-13(17)7-9-3-1-2-4-11(9)16(18)19/h1-6H,7-8H2,(H,15,17). The molecular formula is C13H11BrN2O3S. The number of rotatable bonds is 5. The van der Waals surface area contributed by atoms with Gasteiger partial charge >= 0.3 is 0 Å². The van der Waals surface area contributed by atoms with Gasteiger partial charge in [0.15, 0.2) is 0 Å². The molecule has 0 aliphatic carbocycles. The maximum absolute atomic E-state index is 11.8. The zero-order valence-electron chi connectivity index (χ0n) is 10.3. The molecule has 1 heterocycles. The molecule has 1 N–H and O–H groups in total. The van der Waals surface area contributed by atoms with Crippen LogP contribution < -0.4 is 5.32 Å². The highest BCUT2D eigenvalue weighted by Gasteiger charge is 2.15. The number of hydrogen-bond donors (Lipinski definition) is 1. The quantitative estimate of drug-likeness (QED) is 0.661. The zero-order valence-corrected chi connectivity index (χ0v) is 12.7. The lowest BCUT2D eigenvalue weighted by Crippen LogP contribution is -2.24. The first kappa shape index (κ1) is 14.7. The number of nitrogens with zero attached hydrogens (tertiary/aromatic N) is 1. The van der Waals surface area contributed by atoms with Crippen LogP contribution in [0.1, 0.15) is 10.4 Å². The van der Waals surface area contributed by atoms with Crippen LogP contribution in [0.3, 0.4) is 0 Å². The van der Waals surface area contributed by atoms with Gasteiger partial charge < -0.3 is 5.32 Å². The number of benzene rings is 1. The van der Waals surface area contributed by atoms with Gasteiger partial charge in [-0.1, -0.05) is 18.2 Å². The fourth-order valence-electron chi connectivity index (χ4n) is 1.70. The summed E-state index contributed by atoms with van der Waals surface area (Å²) < 4.78 is 0.952. The van der Waals surface area contributed by atoms with E-state index in [0.29, 0.717) is 12.1 Å². The van der Waals surface area contributed by atoms with E-state index in [4.69, 9.17) is 0 Å². The Morgan fingerprint density at radius 3 is 2.75 bits per heavy atom. The molecule has 104 valence electrons. The van der Waals surface area contributed by atoms with Crippen LogP contribution in [0.15, 0.2) is 40.2 Å². The molecule has 20 heavy (non-hydrogen) atoms. The highest BCUT2D eigenvalue weighted by molar-refractivity contribution is 9.10. The summed E-state index contributed by atoms with van der Waals surface area (Å²) in [6.07, 6.45) is 0.000146. The molecule has 0 aliphatic rings. The Bertz CT molecular complexity index is 642. The van der Waals surface area contributed by atoms with E-state index in [1.54, 1.807) is 18.2 Å². The molecule has 0 bridgehead atoms. The van der Waals surface area contributed by atoms with Gasteiger partial charge in [0.1, 0.15) is 0 Å². The molecular weight excluding hydrogens is 344 g/mol. The van der Waals surface area contributed by atoms with Gasteiger partial charge in [-0.3, -0.25) is 14.9 Å². The molecule has 1 amide bonds. The largest absolute Gasteiger partial charge is 0.351 e. The molecule has 0 atom stereocenters. The van der Waals surface area contributed by atoms with Gasteiger partial charge in [-0.15, -0.1) is 11.3 Å². The third-order valence-corrected chi connectivity index (χ3v) is 4.60. The summed E-state index contributed by atoms with van der Waals surface area (Å²) in [7, 11) is 0. The molecule has 1 aromatic carbocycles. The smallest absolute Gasteiger partial charge is 0.273 e. The highest BCUT2D eigenvalue weighted by Crippen LogP contribution is 2.22. The lowest BCUT2D eigenvalue weighted by Gasteiger charge is -2.05. The summed E-state index contributed by atoms with van der Waals surface area (Å²) in [4.78, 5) is 23.3. The van der Waals surface area contributed by atoms with Gasteiger partial charge in [0.2, 0.25) is 5.91 Å². The van der Waals surface area contributed by atoms with E-state index in [9.17, 15) is 14.9 Å². The van der Waals surface area contributed by atoms with E-state index < -0.39 is 4.92 Å². The van der Waals surface area contributed by atoms with E-state index >= 15 is 0 Å². The van der Waals surface area contributed by atoms with Gasteiger partial charge in [0.25, 0.3) is 5.69 Å². The Balaban J connectivity index is 1.98. The summed E-state index contributed by atoms with van der Waals surface area (Å²) in [5.74, 6) is -0.236. The fraction of sp³-hybridized carbons (Fsp3) is 0.154. The van der Waals surface area contributed by atoms with Gasteiger partial charge in [-0.05, 0) is 27.4 Å². The molecule has 0 saturated heterocycles. The van der Waals surface area contributed by atoms with E-state index in [2.05, 4.69) is 21.2 Å². The van der Waals surface area contributed by atoms with Crippen LogP contribution in [-0.4, -0.2) is 10.8 Å². The summed E-state index contributed by atoms with van der Waals surface area (Å²) in [6, 6.07) is 8.18. The third kappa shape index (κ3) is 3.64. The Morgan fingerprint density at radius 2 is 2.10 bits per heavy atom. The lowest BCUT2D eigenvalue weighted by molar-refractivity contribution is -0.385. The maximum atomic E-state index is 11.8. The van der Waals surface area contributed by atoms with Crippen LogP contribution in [0.4, 0.5) is 5.69 Å². The van der Waals surface area contributed by atoms with Crippen molar-refractivity contribution in [2.75, 3.05) is 0 Å². The minimum absolute atomic E-state index is 0.000146. The molecule has 0 spiro atoms. The van der Waals surface area contributed by atoms with Crippen LogP contribution in [0.25, 0.3) is 0 Å². The van der Waals surface area contributed by atoms with Crippen molar-refractivity contribution in [3.8, 4) is 0 Å². The second-order valence-electron chi connectivity index (χ2n) is 4.03. The third-order valence-electron chi connectivity index (χ3n) is 2.68. The zero-order chi connectivity index (χ0) is 14.5. The van der Waals surface area contributed by atoms with E-state index in [1.807, 2.05) is 11.4 Å². The SMILES string of the molecule is O=C(Cc1ccccc1[N+](=O)[O-])NCc1sccc1Br. The van der Waals surface area contributed by atoms with Crippen LogP contribution in [-0.2, 0) is 17.8 Å². The molecule has 0 radical (unpaired) electrons. The predicted molar refractivity (Wildman–Crippen MR) is 80.7 cm³/mol. The molecule has 7 heteroatoms. The second-order valence-corrected chi connectivity index (χ2v) is 5.89. The molecule has 2 rings (SSSR count). The Morgan fingerprint density at radius 1 is 1.35 bits per heavy atom. The van der Waals surface area contributed by atoms with Crippen LogP contribution in [0, 0.1) is 10.1 Å². The molecule has 1 aromatic heterocycles. The second kappa shape index (κ2) is 6.62. The monoisotopic (exact) mass is 354 g/mol. The summed E-state index contributed by atoms with van der Waals surface area (Å²) in [6.45, 7) is 0.414. The molecule has 0 saturated carbocycles. The van der Waals surface area contributed by atoms with Crippen molar-refractivity contribution in [1.82, 2.24) is 5.32 Å². The summed E-state index contributed by atoms with van der Waals surface area (Å²) in [5, 5.41) is 15.5. The van der Waals surface area contributed by atoms with Crippen LogP contribution in [0.5, 0.6) is 0 Å². The fourth-order valence-corrected chi connectivity index (χ4v) is 3.14. The lowest BCUT2D eigenvalue weighted by atomic mass is 10.1. The van der Waals surface area contributed by atoms with Crippen LogP contribution in [0.2, 0.25) is 0 Å². The van der Waals surface area contributed by atoms with Crippen molar-refractivity contribution in [2.45, 2.75) is 13.0 Å². The van der Waals surface area contributed by atoms with E-state index in [0.717, 1.165) is 9.35 Å². The van der Waals surface area contributed by atoms with Crippen molar-refractivity contribution in [3.05, 3.63) is 60.7 Å². The van der Waals surface area contributed by atoms with Gasteiger partial charge in [-0.25, -0.2) is 0 Å². The number of nitro groups is 1. The molecule has 0 unspecified atom stereocenters. The number of hydrogen-bond acceptors (Lipinski definition) is 4. The van der Waals surface area contributed by atoms with Crippen molar-refractivity contribution in [2.24, 2.45) is 0 Å². The number of thiophene rings is 1. The molecule has 2 aromatic rings. The van der Waals surface area contributed by atoms with Gasteiger partial charge in [0, 0.05) is 21.0 Å². The number of nitrogens with one attached hydrogen (secondary N) is 1. The molecule has 0 aliphatic heterocycles. The highest BCUT2D eigenvalue weighted by atomic mass is 79.9. The van der Waals surface area contributed by atoms with E-state index in [1.165, 1.54) is 17.4 Å². The van der Waals surface area contributed by atoms with Crippen molar-refractivity contribution in [1.29, 1.82) is 0 Å². The Kier molecular flexibility index (Phi) is 4.86. The normalized spacial score (nSPS) is 10.2. The Labute approximate surface area is 127 Å². The number of carbonyl (C=O) groups is 1. The first-order valence-corrected chi connectivity index (χ1v) is 7.46. The minimum Gasteiger partial charge on any atom is -0.351 e. The van der Waals surface area contributed by atoms with Crippen molar-refractivity contribution >= 4 is 38.9 Å². The number of para-hydroxylation sites is 1. The number of carbonyl (C=O) groups excluding carboxylic acids is 1. The number of nitro benzene ring substituents is 1.